The summed E-state index contributed by atoms with van der Waals surface area (Å²) in [6.07, 6.45) is 0.574. The molecule has 1 rings (SSSR count). The lowest BCUT2D eigenvalue weighted by molar-refractivity contribution is -0.132. The van der Waals surface area contributed by atoms with Crippen molar-refractivity contribution in [1.29, 1.82) is 0 Å². The number of benzene rings is 1. The monoisotopic (exact) mass is 304 g/mol. The zero-order valence-electron chi connectivity index (χ0n) is 14.7. The van der Waals surface area contributed by atoms with Crippen LogP contribution in [0, 0.1) is 5.41 Å². The van der Waals surface area contributed by atoms with Gasteiger partial charge in [-0.15, -0.1) is 0 Å². The summed E-state index contributed by atoms with van der Waals surface area (Å²) in [7, 11) is 0. The van der Waals surface area contributed by atoms with Gasteiger partial charge in [0.15, 0.2) is 0 Å². The van der Waals surface area contributed by atoms with Crippen LogP contribution in [0.2, 0.25) is 0 Å². The summed E-state index contributed by atoms with van der Waals surface area (Å²) in [4.78, 5) is 11.4. The van der Waals surface area contributed by atoms with E-state index in [9.17, 15) is 15.0 Å². The second-order valence-corrected chi connectivity index (χ2v) is 7.94. The highest BCUT2D eigenvalue weighted by Crippen LogP contribution is 2.35. The van der Waals surface area contributed by atoms with Gasteiger partial charge in [-0.2, -0.15) is 0 Å². The molecule has 3 nitrogen and oxygen atoms in total. The predicted molar refractivity (Wildman–Crippen MR) is 90.3 cm³/mol. The van der Waals surface area contributed by atoms with Crippen molar-refractivity contribution in [2.45, 2.75) is 60.3 Å². The molecule has 0 saturated carbocycles. The lowest BCUT2D eigenvalue weighted by Gasteiger charge is -2.26. The Morgan fingerprint density at radius 2 is 1.64 bits per heavy atom. The topological polar surface area (TPSA) is 57.5 Å². The van der Waals surface area contributed by atoms with Gasteiger partial charge in [-0.1, -0.05) is 59.2 Å². The standard InChI is InChI=1S/C19H28O3/c1-12(17(21)22)14(18(2,3)4)10-13-8-9-16(20)15(11-13)19(5,6)7/h8-9,11,20H,10H2,1-7H3,(H,21,22)/b14-12-. The number of allylic oxidation sites excluding steroid dienone is 1. The Balaban J connectivity index is 3.33. The van der Waals surface area contributed by atoms with Crippen molar-refractivity contribution in [2.75, 3.05) is 0 Å². The van der Waals surface area contributed by atoms with Crippen LogP contribution in [0.5, 0.6) is 5.75 Å². The molecular formula is C19H28O3. The molecule has 22 heavy (non-hydrogen) atoms. The van der Waals surface area contributed by atoms with Crippen LogP contribution < -0.4 is 0 Å². The van der Waals surface area contributed by atoms with Gasteiger partial charge in [0, 0.05) is 5.57 Å². The van der Waals surface area contributed by atoms with Crippen LogP contribution >= 0.6 is 0 Å². The fourth-order valence-corrected chi connectivity index (χ4v) is 2.59. The van der Waals surface area contributed by atoms with Crippen molar-refractivity contribution in [2.24, 2.45) is 5.41 Å². The predicted octanol–water partition coefficient (Wildman–Crippen LogP) is 4.68. The molecule has 122 valence electrons. The molecular weight excluding hydrogens is 276 g/mol. The van der Waals surface area contributed by atoms with Crippen LogP contribution in [0.25, 0.3) is 0 Å². The highest BCUT2D eigenvalue weighted by molar-refractivity contribution is 5.87. The molecule has 0 radical (unpaired) electrons. The molecule has 0 heterocycles. The van der Waals surface area contributed by atoms with Crippen molar-refractivity contribution < 1.29 is 15.0 Å². The summed E-state index contributed by atoms with van der Waals surface area (Å²) >= 11 is 0. The molecule has 0 atom stereocenters. The van der Waals surface area contributed by atoms with Crippen molar-refractivity contribution >= 4 is 5.97 Å². The molecule has 0 bridgehead atoms. The van der Waals surface area contributed by atoms with E-state index in [-0.39, 0.29) is 16.6 Å². The second kappa shape index (κ2) is 6.15. The minimum absolute atomic E-state index is 0.159. The number of carboxylic acids is 1. The first-order valence-electron chi connectivity index (χ1n) is 7.60. The van der Waals surface area contributed by atoms with E-state index < -0.39 is 5.97 Å². The molecule has 1 aromatic carbocycles. The van der Waals surface area contributed by atoms with Crippen LogP contribution in [0.3, 0.4) is 0 Å². The summed E-state index contributed by atoms with van der Waals surface area (Å²) in [5.74, 6) is -0.591. The first kappa shape index (κ1) is 18.3. The molecule has 3 heteroatoms. The number of aliphatic carboxylic acids is 1. The Kier molecular flexibility index (Phi) is 5.11. The van der Waals surface area contributed by atoms with Crippen molar-refractivity contribution in [1.82, 2.24) is 0 Å². The summed E-state index contributed by atoms with van der Waals surface area (Å²) in [5.41, 5.74) is 2.83. The van der Waals surface area contributed by atoms with Gasteiger partial charge in [0.05, 0.1) is 0 Å². The highest BCUT2D eigenvalue weighted by atomic mass is 16.4. The third-order valence-corrected chi connectivity index (χ3v) is 3.93. The number of phenolic OH excluding ortho intramolecular Hbond substituents is 1. The zero-order valence-corrected chi connectivity index (χ0v) is 14.7. The Morgan fingerprint density at radius 3 is 2.05 bits per heavy atom. The van der Waals surface area contributed by atoms with Crippen molar-refractivity contribution in [3.8, 4) is 5.75 Å². The molecule has 0 spiro atoms. The molecule has 2 N–H and O–H groups in total. The maximum atomic E-state index is 11.4. The summed E-state index contributed by atoms with van der Waals surface area (Å²) < 4.78 is 0. The second-order valence-electron chi connectivity index (χ2n) is 7.94. The summed E-state index contributed by atoms with van der Waals surface area (Å²) in [5, 5.41) is 19.4. The van der Waals surface area contributed by atoms with Crippen LogP contribution in [0.15, 0.2) is 29.3 Å². The number of aromatic hydroxyl groups is 1. The summed E-state index contributed by atoms with van der Waals surface area (Å²) in [6.45, 7) is 13.9. The van der Waals surface area contributed by atoms with Gasteiger partial charge in [0.2, 0.25) is 0 Å². The van der Waals surface area contributed by atoms with E-state index in [1.165, 1.54) is 0 Å². The molecule has 0 aliphatic heterocycles. The first-order chi connectivity index (χ1) is 9.84. The van der Waals surface area contributed by atoms with E-state index in [2.05, 4.69) is 20.8 Å². The zero-order chi connectivity index (χ0) is 17.3. The van der Waals surface area contributed by atoms with Gasteiger partial charge in [-0.3, -0.25) is 0 Å². The Bertz CT molecular complexity index is 596. The first-order valence-corrected chi connectivity index (χ1v) is 7.60. The highest BCUT2D eigenvalue weighted by Gasteiger charge is 2.24. The quantitative estimate of drug-likeness (QED) is 0.797. The number of carboxylic acid groups (broad SMARTS) is 1. The normalized spacial score (nSPS) is 13.8. The van der Waals surface area contributed by atoms with Gasteiger partial charge in [0.25, 0.3) is 0 Å². The van der Waals surface area contributed by atoms with E-state index in [1.54, 1.807) is 13.0 Å². The fourth-order valence-electron chi connectivity index (χ4n) is 2.59. The third kappa shape index (κ3) is 4.36. The van der Waals surface area contributed by atoms with E-state index in [0.29, 0.717) is 12.0 Å². The average molecular weight is 304 g/mol. The Hall–Kier alpha value is -1.77. The van der Waals surface area contributed by atoms with Crippen LogP contribution in [-0.2, 0) is 16.6 Å². The minimum atomic E-state index is -0.875. The van der Waals surface area contributed by atoms with Crippen molar-refractivity contribution in [3.05, 3.63) is 40.5 Å². The van der Waals surface area contributed by atoms with Crippen molar-refractivity contribution in [3.63, 3.8) is 0 Å². The molecule has 0 fully saturated rings. The van der Waals surface area contributed by atoms with E-state index in [1.807, 2.05) is 32.9 Å². The van der Waals surface area contributed by atoms with E-state index in [0.717, 1.165) is 16.7 Å². The average Bonchev–Trinajstić information content (AvgIpc) is 2.33. The third-order valence-electron chi connectivity index (χ3n) is 3.93. The molecule has 0 saturated heterocycles. The molecule has 1 aromatic rings. The van der Waals surface area contributed by atoms with Gasteiger partial charge >= 0.3 is 5.97 Å². The lowest BCUT2D eigenvalue weighted by atomic mass is 9.79. The Morgan fingerprint density at radius 1 is 1.09 bits per heavy atom. The smallest absolute Gasteiger partial charge is 0.331 e. The lowest BCUT2D eigenvalue weighted by Crippen LogP contribution is -2.18. The SMILES string of the molecule is C/C(C(=O)O)=C(\Cc1ccc(O)c(C(C)(C)C)c1)C(C)(C)C. The number of rotatable bonds is 3. The molecule has 0 aliphatic carbocycles. The van der Waals surface area contributed by atoms with Gasteiger partial charge in [0.1, 0.15) is 5.75 Å². The fraction of sp³-hybridized carbons (Fsp3) is 0.526. The van der Waals surface area contributed by atoms with Crippen LogP contribution in [-0.4, -0.2) is 16.2 Å². The number of phenols is 1. The van der Waals surface area contributed by atoms with Crippen LogP contribution in [0.1, 0.15) is 59.6 Å². The number of carbonyl (C=O) groups is 1. The minimum Gasteiger partial charge on any atom is -0.508 e. The number of hydrogen-bond donors (Lipinski definition) is 2. The van der Waals surface area contributed by atoms with Crippen LogP contribution in [0.4, 0.5) is 0 Å². The molecule has 0 aromatic heterocycles. The van der Waals surface area contributed by atoms with Gasteiger partial charge in [-0.05, 0) is 41.4 Å². The largest absolute Gasteiger partial charge is 0.508 e. The summed E-state index contributed by atoms with van der Waals surface area (Å²) in [6, 6.07) is 5.55. The number of hydrogen-bond acceptors (Lipinski definition) is 2. The maximum absolute atomic E-state index is 11.4. The molecule has 0 amide bonds. The maximum Gasteiger partial charge on any atom is 0.331 e. The van der Waals surface area contributed by atoms with E-state index in [4.69, 9.17) is 0 Å². The van der Waals surface area contributed by atoms with Gasteiger partial charge in [-0.25, -0.2) is 4.79 Å². The van der Waals surface area contributed by atoms with E-state index >= 15 is 0 Å². The van der Waals surface area contributed by atoms with Gasteiger partial charge < -0.3 is 10.2 Å². The molecule has 0 unspecified atom stereocenters. The molecule has 0 aliphatic rings. The Labute approximate surface area is 133 Å².